The molecule has 3 heteroatoms. The summed E-state index contributed by atoms with van der Waals surface area (Å²) >= 11 is 0. The largest absolute Gasteiger partial charge is 0.507 e. The van der Waals surface area contributed by atoms with Gasteiger partial charge in [0.15, 0.2) is 0 Å². The highest BCUT2D eigenvalue weighted by atomic mass is 16.3. The van der Waals surface area contributed by atoms with Crippen LogP contribution in [0.5, 0.6) is 11.5 Å². The van der Waals surface area contributed by atoms with Crippen molar-refractivity contribution in [3.63, 3.8) is 0 Å². The van der Waals surface area contributed by atoms with Gasteiger partial charge in [0.2, 0.25) is 0 Å². The molecule has 0 fully saturated rings. The third-order valence-corrected chi connectivity index (χ3v) is 2.56. The van der Waals surface area contributed by atoms with Gasteiger partial charge in [-0.15, -0.1) is 0 Å². The zero-order valence-electron chi connectivity index (χ0n) is 7.77. The van der Waals surface area contributed by atoms with Crippen LogP contribution in [0.1, 0.15) is 0 Å². The molecule has 1 heterocycles. The van der Waals surface area contributed by atoms with Gasteiger partial charge in [0, 0.05) is 10.8 Å². The van der Waals surface area contributed by atoms with Crippen molar-refractivity contribution in [3.05, 3.63) is 36.6 Å². The Morgan fingerprint density at radius 2 is 1.80 bits per heavy atom. The number of hydrogen-bond donors (Lipinski definition) is 2. The highest BCUT2D eigenvalue weighted by Crippen LogP contribution is 2.37. The van der Waals surface area contributed by atoms with Crippen LogP contribution in [-0.4, -0.2) is 10.2 Å². The lowest BCUT2D eigenvalue weighted by molar-refractivity contribution is 0.478. The van der Waals surface area contributed by atoms with Crippen LogP contribution in [0.4, 0.5) is 0 Å². The molecule has 3 aromatic rings. The summed E-state index contributed by atoms with van der Waals surface area (Å²) in [4.78, 5) is 0. The summed E-state index contributed by atoms with van der Waals surface area (Å²) in [5, 5.41) is 21.5. The second kappa shape index (κ2) is 2.67. The van der Waals surface area contributed by atoms with Crippen LogP contribution < -0.4 is 0 Å². The van der Waals surface area contributed by atoms with Crippen LogP contribution in [0.2, 0.25) is 0 Å². The summed E-state index contributed by atoms with van der Waals surface area (Å²) in [6.45, 7) is 0. The SMILES string of the molecule is Oc1cccc2c(O)c3ccoc3cc12. The molecule has 1 aromatic heterocycles. The van der Waals surface area contributed by atoms with E-state index in [1.54, 1.807) is 30.3 Å². The number of phenolic OH excluding ortho intramolecular Hbond substituents is 2. The molecule has 3 rings (SSSR count). The van der Waals surface area contributed by atoms with Crippen molar-refractivity contribution in [2.45, 2.75) is 0 Å². The fraction of sp³-hybridized carbons (Fsp3) is 0. The van der Waals surface area contributed by atoms with Gasteiger partial charge < -0.3 is 14.6 Å². The molecule has 2 aromatic carbocycles. The Bertz CT molecular complexity index is 652. The Hall–Kier alpha value is -2.16. The van der Waals surface area contributed by atoms with Crippen molar-refractivity contribution in [2.24, 2.45) is 0 Å². The van der Waals surface area contributed by atoms with Crippen LogP contribution in [0.25, 0.3) is 21.7 Å². The third-order valence-electron chi connectivity index (χ3n) is 2.56. The average Bonchev–Trinajstić information content (AvgIpc) is 2.68. The van der Waals surface area contributed by atoms with Crippen LogP contribution in [0.15, 0.2) is 41.0 Å². The Morgan fingerprint density at radius 3 is 2.67 bits per heavy atom. The summed E-state index contributed by atoms with van der Waals surface area (Å²) in [5.74, 6) is 0.285. The monoisotopic (exact) mass is 200 g/mol. The number of fused-ring (bicyclic) bond motifs is 2. The van der Waals surface area contributed by atoms with Crippen LogP contribution in [0.3, 0.4) is 0 Å². The van der Waals surface area contributed by atoms with E-state index in [0.717, 1.165) is 0 Å². The fourth-order valence-electron chi connectivity index (χ4n) is 1.82. The molecule has 74 valence electrons. The summed E-state index contributed by atoms with van der Waals surface area (Å²) in [7, 11) is 0. The summed E-state index contributed by atoms with van der Waals surface area (Å²) in [6, 6.07) is 8.46. The molecule has 0 aliphatic heterocycles. The number of benzene rings is 2. The maximum Gasteiger partial charge on any atom is 0.138 e. The lowest BCUT2D eigenvalue weighted by Crippen LogP contribution is -1.76. The van der Waals surface area contributed by atoms with E-state index in [0.29, 0.717) is 21.7 Å². The van der Waals surface area contributed by atoms with E-state index < -0.39 is 0 Å². The van der Waals surface area contributed by atoms with E-state index in [9.17, 15) is 10.2 Å². The van der Waals surface area contributed by atoms with Gasteiger partial charge in [-0.2, -0.15) is 0 Å². The highest BCUT2D eigenvalue weighted by molar-refractivity contribution is 6.05. The smallest absolute Gasteiger partial charge is 0.138 e. The van der Waals surface area contributed by atoms with Crippen molar-refractivity contribution in [1.29, 1.82) is 0 Å². The first-order chi connectivity index (χ1) is 7.27. The standard InChI is InChI=1S/C12H8O3/c13-10-3-1-2-7-9(10)6-11-8(12(7)14)4-5-15-11/h1-6,13-14H. The zero-order chi connectivity index (χ0) is 10.4. The van der Waals surface area contributed by atoms with Gasteiger partial charge in [-0.25, -0.2) is 0 Å². The fourth-order valence-corrected chi connectivity index (χ4v) is 1.82. The second-order valence-corrected chi connectivity index (χ2v) is 3.43. The minimum absolute atomic E-state index is 0.140. The maximum absolute atomic E-state index is 9.95. The lowest BCUT2D eigenvalue weighted by Gasteiger charge is -2.03. The molecule has 2 N–H and O–H groups in total. The van der Waals surface area contributed by atoms with Gasteiger partial charge in [-0.05, 0) is 18.2 Å². The highest BCUT2D eigenvalue weighted by Gasteiger charge is 2.10. The summed E-state index contributed by atoms with van der Waals surface area (Å²) in [5.41, 5.74) is 0.571. The van der Waals surface area contributed by atoms with Crippen molar-refractivity contribution >= 4 is 21.7 Å². The Labute approximate surface area is 85.2 Å². The van der Waals surface area contributed by atoms with E-state index in [2.05, 4.69) is 0 Å². The molecule has 0 saturated carbocycles. The first-order valence-corrected chi connectivity index (χ1v) is 4.58. The molecule has 0 atom stereocenters. The van der Waals surface area contributed by atoms with Gasteiger partial charge >= 0.3 is 0 Å². The molecule has 0 bridgehead atoms. The van der Waals surface area contributed by atoms with Crippen LogP contribution in [-0.2, 0) is 0 Å². The maximum atomic E-state index is 9.95. The molecular formula is C12H8O3. The molecular weight excluding hydrogens is 192 g/mol. The molecule has 0 aliphatic carbocycles. The van der Waals surface area contributed by atoms with Crippen LogP contribution in [0, 0.1) is 0 Å². The first kappa shape index (κ1) is 8.17. The van der Waals surface area contributed by atoms with Gasteiger partial charge in [0.1, 0.15) is 17.1 Å². The average molecular weight is 200 g/mol. The Kier molecular flexibility index (Phi) is 1.45. The number of rotatable bonds is 0. The predicted molar refractivity (Wildman–Crippen MR) is 57.0 cm³/mol. The van der Waals surface area contributed by atoms with Gasteiger partial charge in [0.05, 0.1) is 11.6 Å². The molecule has 0 spiro atoms. The topological polar surface area (TPSA) is 53.6 Å². The zero-order valence-corrected chi connectivity index (χ0v) is 7.77. The van der Waals surface area contributed by atoms with E-state index in [1.165, 1.54) is 6.26 Å². The Morgan fingerprint density at radius 1 is 0.933 bits per heavy atom. The normalized spacial score (nSPS) is 11.2. The molecule has 0 aliphatic rings. The van der Waals surface area contributed by atoms with E-state index >= 15 is 0 Å². The third kappa shape index (κ3) is 1.00. The molecule has 0 unspecified atom stereocenters. The van der Waals surface area contributed by atoms with Crippen molar-refractivity contribution in [2.75, 3.05) is 0 Å². The summed E-state index contributed by atoms with van der Waals surface area (Å²) < 4.78 is 5.19. The summed E-state index contributed by atoms with van der Waals surface area (Å²) in [6.07, 6.45) is 1.51. The molecule has 0 amide bonds. The van der Waals surface area contributed by atoms with Crippen LogP contribution >= 0.6 is 0 Å². The molecule has 3 nitrogen and oxygen atoms in total. The van der Waals surface area contributed by atoms with Crippen molar-refractivity contribution in [3.8, 4) is 11.5 Å². The van der Waals surface area contributed by atoms with Gasteiger partial charge in [-0.3, -0.25) is 0 Å². The van der Waals surface area contributed by atoms with E-state index in [1.807, 2.05) is 0 Å². The van der Waals surface area contributed by atoms with Crippen molar-refractivity contribution in [1.82, 2.24) is 0 Å². The van der Waals surface area contributed by atoms with Gasteiger partial charge in [0.25, 0.3) is 0 Å². The molecule has 0 saturated heterocycles. The molecule has 0 radical (unpaired) electrons. The number of phenols is 2. The number of furan rings is 1. The van der Waals surface area contributed by atoms with Gasteiger partial charge in [-0.1, -0.05) is 12.1 Å². The quantitative estimate of drug-likeness (QED) is 0.586. The number of hydrogen-bond acceptors (Lipinski definition) is 3. The first-order valence-electron chi connectivity index (χ1n) is 4.58. The van der Waals surface area contributed by atoms with E-state index in [4.69, 9.17) is 4.42 Å². The second-order valence-electron chi connectivity index (χ2n) is 3.43. The molecule has 15 heavy (non-hydrogen) atoms. The predicted octanol–water partition coefficient (Wildman–Crippen LogP) is 3.00. The van der Waals surface area contributed by atoms with Crippen molar-refractivity contribution < 1.29 is 14.6 Å². The minimum atomic E-state index is 0.140. The number of aromatic hydroxyl groups is 2. The van der Waals surface area contributed by atoms with E-state index in [-0.39, 0.29) is 11.5 Å². The Balaban J connectivity index is 2.63. The minimum Gasteiger partial charge on any atom is -0.507 e. The lowest BCUT2D eigenvalue weighted by atomic mass is 10.1.